The minimum atomic E-state index is -3.91. The van der Waals surface area contributed by atoms with Gasteiger partial charge in [-0.3, -0.25) is 43.3 Å². The van der Waals surface area contributed by atoms with E-state index in [0.717, 1.165) is 18.4 Å². The average Bonchev–Trinajstić information content (AvgIpc) is 4.00. The normalized spacial score (nSPS) is 27.6. The molecule has 8 aliphatic rings. The number of benzene rings is 2. The number of nitrogens with one attached hydrogen (secondary N) is 6. The SMILES string of the molecule is COc1cccc2c1C(=O)c1c(O)c3c(c(O)c1C2=O)CC(C(=O)NC12CC(NC(=O)CNC(=O)CNC(=O)CNC(=O)CCNC(=O)c4ccc(C#N)c(S(C)(=O)=O)n4)(C1)C2)C[C@@H]3O[C@H]1C[C@H]2[C@H](O[C@@H]3[C@@H](OC)OCCN32)[C@H](C)O1. The standard InChI is InChI=1S/C53H59N9O18S/c1-24-46-30(62-12-13-77-51(76-3)50(62)80-46)16-37(78-24)79-32-15-26(14-28-39(32)45(70)41-40(43(28)68)42(67)27-6-5-7-31(75-2)38(27)44(41)69)47(71)61-53-21-52(22-53,23-53)60-36(66)20-58-35(65)19-57-34(64)18-56-33(63)10-11-55-48(72)29-9-8-25(17-54)49(59-29)81(4,73)74/h5-9,24,26,30,32,37,46,50-51,68,70H,10-16,18-23H2,1-4H3,(H,55,72)(H,56,63)(H,57,64)(H,58,65)(H,60,66)(H,61,71)/t24-,26?,30-,32-,37-,46+,50+,51-,52?,53?/m0/s1. The largest absolute Gasteiger partial charge is 0.507 e. The van der Waals surface area contributed by atoms with Gasteiger partial charge in [0, 0.05) is 79.0 Å². The first-order valence-electron chi connectivity index (χ1n) is 26.1. The van der Waals surface area contributed by atoms with E-state index in [9.17, 15) is 57.0 Å². The number of pyridine rings is 1. The van der Waals surface area contributed by atoms with E-state index < -0.39 is 152 Å². The summed E-state index contributed by atoms with van der Waals surface area (Å²) in [5.41, 5.74) is -2.64. The number of hydrogen-bond acceptors (Lipinski definition) is 21. The molecule has 4 heterocycles. The number of ether oxygens (including phenoxy) is 6. The van der Waals surface area contributed by atoms with Crippen molar-refractivity contribution in [3.63, 3.8) is 0 Å². The maximum Gasteiger partial charge on any atom is 0.269 e. The van der Waals surface area contributed by atoms with Crippen molar-refractivity contribution >= 4 is 56.8 Å². The van der Waals surface area contributed by atoms with Crippen molar-refractivity contribution in [3.8, 4) is 23.3 Å². The van der Waals surface area contributed by atoms with Gasteiger partial charge in [0.05, 0.1) is 67.8 Å². The Balaban J connectivity index is 0.717. The zero-order valence-corrected chi connectivity index (χ0v) is 45.2. The molecule has 0 radical (unpaired) electrons. The number of hydrogen-bond donors (Lipinski definition) is 8. The molecule has 1 unspecified atom stereocenters. The summed E-state index contributed by atoms with van der Waals surface area (Å²) in [4.78, 5) is 111. The Hall–Kier alpha value is -7.65. The molecule has 3 saturated carbocycles. The van der Waals surface area contributed by atoms with E-state index in [4.69, 9.17) is 33.7 Å². The minimum Gasteiger partial charge on any atom is -0.507 e. The molecule has 27 nitrogen and oxygen atoms in total. The second-order valence-corrected chi connectivity index (χ2v) is 23.2. The van der Waals surface area contributed by atoms with E-state index in [-0.39, 0.29) is 77.2 Å². The van der Waals surface area contributed by atoms with Crippen LogP contribution in [0.4, 0.5) is 0 Å². The number of nitrogens with zero attached hydrogens (tertiary/aromatic N) is 3. The smallest absolute Gasteiger partial charge is 0.269 e. The molecule has 2 aromatic carbocycles. The number of aromatic nitrogens is 1. The van der Waals surface area contributed by atoms with E-state index in [0.29, 0.717) is 38.8 Å². The van der Waals surface area contributed by atoms with Gasteiger partial charge in [0.1, 0.15) is 35.1 Å². The van der Waals surface area contributed by atoms with Crippen LogP contribution in [0.15, 0.2) is 35.4 Å². The number of carbonyl (C=O) groups is 8. The Morgan fingerprint density at radius 2 is 1.53 bits per heavy atom. The van der Waals surface area contributed by atoms with Crippen molar-refractivity contribution in [2.24, 2.45) is 5.92 Å². The molecule has 11 rings (SSSR count). The van der Waals surface area contributed by atoms with Crippen molar-refractivity contribution in [1.29, 1.82) is 5.26 Å². The number of nitriles is 1. The lowest BCUT2D eigenvalue weighted by Gasteiger charge is -2.70. The molecule has 8 N–H and O–H groups in total. The predicted octanol–water partition coefficient (Wildman–Crippen LogP) is -1.22. The summed E-state index contributed by atoms with van der Waals surface area (Å²) in [6, 6.07) is 8.28. The minimum absolute atomic E-state index is 0.0221. The summed E-state index contributed by atoms with van der Waals surface area (Å²) in [6.07, 6.45) is -2.19. The topological polar surface area (TPSA) is 379 Å². The van der Waals surface area contributed by atoms with Gasteiger partial charge in [-0.25, -0.2) is 13.4 Å². The van der Waals surface area contributed by atoms with Crippen molar-refractivity contribution in [2.75, 3.05) is 59.8 Å². The third kappa shape index (κ3) is 10.8. The van der Waals surface area contributed by atoms with E-state index in [1.807, 2.05) is 6.92 Å². The summed E-state index contributed by atoms with van der Waals surface area (Å²) >= 11 is 0. The van der Waals surface area contributed by atoms with Gasteiger partial charge in [-0.05, 0) is 57.2 Å². The van der Waals surface area contributed by atoms with Crippen LogP contribution in [0.25, 0.3) is 0 Å². The lowest BCUT2D eigenvalue weighted by molar-refractivity contribution is -0.254. The van der Waals surface area contributed by atoms with Crippen LogP contribution in [0.3, 0.4) is 0 Å². The summed E-state index contributed by atoms with van der Waals surface area (Å²) in [5, 5.41) is 48.4. The third-order valence-corrected chi connectivity index (χ3v) is 16.9. The third-order valence-electron chi connectivity index (χ3n) is 15.9. The van der Waals surface area contributed by atoms with E-state index >= 15 is 0 Å². The van der Waals surface area contributed by atoms with Gasteiger partial charge >= 0.3 is 0 Å². The van der Waals surface area contributed by atoms with Crippen LogP contribution in [-0.2, 0) is 63.9 Å². The van der Waals surface area contributed by atoms with Gasteiger partial charge in [0.25, 0.3) is 5.91 Å². The van der Waals surface area contributed by atoms with Gasteiger partial charge in [-0.1, -0.05) is 12.1 Å². The molecule has 1 aromatic heterocycles. The number of ketones is 2. The number of aromatic hydroxyl groups is 2. The summed E-state index contributed by atoms with van der Waals surface area (Å²) in [7, 11) is -1.02. The average molecular weight is 1140 g/mol. The number of sulfone groups is 1. The molecule has 6 fully saturated rings. The van der Waals surface area contributed by atoms with Crippen molar-refractivity contribution in [3.05, 3.63) is 75.0 Å². The van der Waals surface area contributed by atoms with Gasteiger partial charge in [-0.2, -0.15) is 5.26 Å². The second-order valence-electron chi connectivity index (χ2n) is 21.3. The number of fused-ring (bicyclic) bond motifs is 6. The molecule has 8 atom stereocenters. The molecule has 0 spiro atoms. The number of morpholine rings is 1. The van der Waals surface area contributed by atoms with E-state index in [1.165, 1.54) is 32.4 Å². The molecular formula is C53H59N9O18S. The predicted molar refractivity (Wildman–Crippen MR) is 274 cm³/mol. The number of methoxy groups -OCH3 is 2. The molecule has 28 heteroatoms. The van der Waals surface area contributed by atoms with Crippen molar-refractivity contribution in [2.45, 2.75) is 111 Å². The molecule has 3 saturated heterocycles. The highest BCUT2D eigenvalue weighted by molar-refractivity contribution is 7.90. The molecule has 6 amide bonds. The number of phenolic OH excluding ortho intramolecular Hbond substituents is 2. The first kappa shape index (κ1) is 56.6. The van der Waals surface area contributed by atoms with Crippen molar-refractivity contribution < 1.29 is 85.4 Å². The van der Waals surface area contributed by atoms with Gasteiger partial charge in [0.2, 0.25) is 35.3 Å². The fourth-order valence-corrected chi connectivity index (χ4v) is 13.1. The quantitative estimate of drug-likeness (QED) is 0.0541. The van der Waals surface area contributed by atoms with Gasteiger partial charge in [-0.15, -0.1) is 0 Å². The Labute approximate surface area is 463 Å². The van der Waals surface area contributed by atoms with Crippen LogP contribution >= 0.6 is 0 Å². The Bertz CT molecular complexity index is 3310. The number of amides is 6. The Morgan fingerprint density at radius 3 is 2.21 bits per heavy atom. The Morgan fingerprint density at radius 1 is 0.852 bits per heavy atom. The fraction of sp³-hybridized carbons (Fsp3) is 0.509. The lowest BCUT2D eigenvalue weighted by Crippen LogP contribution is -2.84. The van der Waals surface area contributed by atoms with Crippen LogP contribution < -0.4 is 36.6 Å². The van der Waals surface area contributed by atoms with Crippen LogP contribution in [0.2, 0.25) is 0 Å². The molecule has 81 heavy (non-hydrogen) atoms. The molecule has 5 aliphatic carbocycles. The lowest BCUT2D eigenvalue weighted by atomic mass is 9.44. The molecule has 3 aromatic rings. The first-order valence-corrected chi connectivity index (χ1v) is 28.0. The first-order chi connectivity index (χ1) is 38.6. The molecule has 3 aliphatic heterocycles. The van der Waals surface area contributed by atoms with Crippen LogP contribution in [0, 0.1) is 17.2 Å². The second kappa shape index (κ2) is 22.0. The summed E-state index contributed by atoms with van der Waals surface area (Å²) < 4.78 is 60.2. The maximum absolute atomic E-state index is 14.4. The van der Waals surface area contributed by atoms with Crippen molar-refractivity contribution in [1.82, 2.24) is 41.8 Å². The maximum atomic E-state index is 14.4. The highest BCUT2D eigenvalue weighted by atomic mass is 32.2. The highest BCUT2D eigenvalue weighted by Gasteiger charge is 2.69. The highest BCUT2D eigenvalue weighted by Crippen LogP contribution is 2.61. The van der Waals surface area contributed by atoms with Crippen LogP contribution in [0.1, 0.15) is 111 Å². The molecule has 430 valence electrons. The summed E-state index contributed by atoms with van der Waals surface area (Å²) in [6.45, 7) is 1.13. The number of phenols is 2. The van der Waals surface area contributed by atoms with Crippen LogP contribution in [-0.4, -0.2) is 183 Å². The molecule has 2 bridgehead atoms. The number of carbonyl (C=O) groups excluding carboxylic acids is 8. The molecular weight excluding hydrogens is 1080 g/mol. The van der Waals surface area contributed by atoms with E-state index in [2.05, 4.69) is 41.8 Å². The van der Waals surface area contributed by atoms with Crippen LogP contribution in [0.5, 0.6) is 17.2 Å². The zero-order chi connectivity index (χ0) is 57.9. The summed E-state index contributed by atoms with van der Waals surface area (Å²) in [5.74, 6) is -7.13. The van der Waals surface area contributed by atoms with Gasteiger partial charge in [0.15, 0.2) is 39.5 Å². The monoisotopic (exact) mass is 1140 g/mol. The fourth-order valence-electron chi connectivity index (χ4n) is 12.3. The number of rotatable bonds is 18. The zero-order valence-electron chi connectivity index (χ0n) is 44.4. The Kier molecular flexibility index (Phi) is 15.4. The van der Waals surface area contributed by atoms with E-state index in [1.54, 1.807) is 6.07 Å². The van der Waals surface area contributed by atoms with Gasteiger partial charge < -0.3 is 70.5 Å².